The van der Waals surface area contributed by atoms with Gasteiger partial charge in [-0.15, -0.1) is 24.5 Å². The van der Waals surface area contributed by atoms with Crippen LogP contribution in [0.2, 0.25) is 5.02 Å². The summed E-state index contributed by atoms with van der Waals surface area (Å²) in [6.07, 6.45) is -2.76. The molecular weight excluding hydrogens is 573 g/mol. The summed E-state index contributed by atoms with van der Waals surface area (Å²) in [7, 11) is 0. The second-order valence-electron chi connectivity index (χ2n) is 10.5. The van der Waals surface area contributed by atoms with Gasteiger partial charge in [0.05, 0.1) is 5.52 Å². The predicted molar refractivity (Wildman–Crippen MR) is 154 cm³/mol. The van der Waals surface area contributed by atoms with E-state index in [1.165, 1.54) is 23.5 Å². The number of rotatable bonds is 7. The molecule has 0 aliphatic heterocycles. The fourth-order valence-electron chi connectivity index (χ4n) is 4.54. The average Bonchev–Trinajstić information content (AvgIpc) is 3.44. The number of hydrogen-bond donors (Lipinski definition) is 1. The number of alkyl halides is 3. The molecule has 5 aromatic rings. The highest BCUT2D eigenvalue weighted by Crippen LogP contribution is 2.40. The van der Waals surface area contributed by atoms with E-state index in [9.17, 15) is 18.3 Å². The summed E-state index contributed by atoms with van der Waals surface area (Å²) < 4.78 is 48.0. The zero-order valence-corrected chi connectivity index (χ0v) is 23.9. The third kappa shape index (κ3) is 6.64. The van der Waals surface area contributed by atoms with Crippen LogP contribution in [0.3, 0.4) is 0 Å². The largest absolute Gasteiger partial charge is 0.573 e. The first kappa shape index (κ1) is 28.9. The van der Waals surface area contributed by atoms with Crippen molar-refractivity contribution < 1.29 is 27.8 Å². The molecule has 212 valence electrons. The number of benzene rings is 3. The standard InChI is InChI=1S/C31H26ClF3N2O3S/c1-29(2,3)40-27-17-20(16-19-4-11-24(12-5-19)39-31(33,34)35)25-18-22(8-13-26(25)37-27)30(38,28-36-14-15-41-28)21-6-9-23(32)10-7-21/h4-15,17-18,38H,16H2,1-3H3. The number of halogens is 4. The molecule has 3 aromatic carbocycles. The van der Waals surface area contributed by atoms with E-state index >= 15 is 0 Å². The van der Waals surface area contributed by atoms with Crippen molar-refractivity contribution in [3.05, 3.63) is 117 Å². The maximum absolute atomic E-state index is 12.6. The van der Waals surface area contributed by atoms with Gasteiger partial charge >= 0.3 is 6.36 Å². The number of aliphatic hydroxyl groups is 1. The van der Waals surface area contributed by atoms with Crippen molar-refractivity contribution in [2.75, 3.05) is 0 Å². The van der Waals surface area contributed by atoms with Gasteiger partial charge in [0.15, 0.2) is 5.60 Å². The molecular formula is C31H26ClF3N2O3S. The summed E-state index contributed by atoms with van der Waals surface area (Å²) in [5.74, 6) is 0.119. The Hall–Kier alpha value is -3.66. The van der Waals surface area contributed by atoms with Crippen molar-refractivity contribution in [2.24, 2.45) is 0 Å². The Bertz CT molecular complexity index is 1650. The minimum atomic E-state index is -4.77. The van der Waals surface area contributed by atoms with Gasteiger partial charge in [0, 0.05) is 28.1 Å². The average molecular weight is 599 g/mol. The first-order valence-electron chi connectivity index (χ1n) is 12.7. The lowest BCUT2D eigenvalue weighted by molar-refractivity contribution is -0.274. The summed E-state index contributed by atoms with van der Waals surface area (Å²) in [5.41, 5.74) is 1.31. The van der Waals surface area contributed by atoms with Gasteiger partial charge in [-0.2, -0.15) is 0 Å². The molecule has 5 nitrogen and oxygen atoms in total. The Morgan fingerprint density at radius 3 is 2.17 bits per heavy atom. The maximum atomic E-state index is 12.6. The monoisotopic (exact) mass is 598 g/mol. The number of fused-ring (bicyclic) bond motifs is 1. The summed E-state index contributed by atoms with van der Waals surface area (Å²) in [5, 5.41) is 15.8. The molecule has 1 unspecified atom stereocenters. The molecule has 41 heavy (non-hydrogen) atoms. The highest BCUT2D eigenvalue weighted by Gasteiger charge is 2.37. The molecule has 0 bridgehead atoms. The molecule has 0 radical (unpaired) electrons. The number of aromatic nitrogens is 2. The van der Waals surface area contributed by atoms with E-state index in [0.29, 0.717) is 39.0 Å². The molecule has 0 fully saturated rings. The van der Waals surface area contributed by atoms with Crippen LogP contribution in [0.25, 0.3) is 10.9 Å². The molecule has 2 heterocycles. The topological polar surface area (TPSA) is 64.5 Å². The van der Waals surface area contributed by atoms with E-state index in [4.69, 9.17) is 21.3 Å². The van der Waals surface area contributed by atoms with E-state index in [0.717, 1.165) is 16.5 Å². The molecule has 10 heteroatoms. The van der Waals surface area contributed by atoms with Gasteiger partial charge in [-0.05, 0) is 85.8 Å². The Labute approximate surface area is 244 Å². The van der Waals surface area contributed by atoms with Gasteiger partial charge in [-0.25, -0.2) is 9.97 Å². The Kier molecular flexibility index (Phi) is 7.72. The lowest BCUT2D eigenvalue weighted by Gasteiger charge is -2.28. The van der Waals surface area contributed by atoms with Crippen LogP contribution in [0.1, 0.15) is 48.0 Å². The zero-order valence-electron chi connectivity index (χ0n) is 22.4. The Morgan fingerprint density at radius 2 is 1.56 bits per heavy atom. The van der Waals surface area contributed by atoms with Crippen LogP contribution in [0.15, 0.2) is 84.4 Å². The van der Waals surface area contributed by atoms with Crippen LogP contribution in [-0.4, -0.2) is 27.0 Å². The first-order chi connectivity index (χ1) is 19.3. The fraction of sp³-hybridized carbons (Fsp3) is 0.226. The summed E-state index contributed by atoms with van der Waals surface area (Å²) in [6, 6.07) is 20.0. The second kappa shape index (κ2) is 11.0. The predicted octanol–water partition coefficient (Wildman–Crippen LogP) is 8.30. The summed E-state index contributed by atoms with van der Waals surface area (Å²) in [4.78, 5) is 9.14. The molecule has 1 N–H and O–H groups in total. The molecule has 0 saturated carbocycles. The molecule has 1 atom stereocenters. The third-order valence-corrected chi connectivity index (χ3v) is 7.39. The third-order valence-electron chi connectivity index (χ3n) is 6.25. The van der Waals surface area contributed by atoms with E-state index in [1.54, 1.807) is 54.0 Å². The molecule has 0 amide bonds. The highest BCUT2D eigenvalue weighted by atomic mass is 35.5. The van der Waals surface area contributed by atoms with Crippen molar-refractivity contribution in [3.63, 3.8) is 0 Å². The van der Waals surface area contributed by atoms with Gasteiger partial charge in [-0.1, -0.05) is 41.9 Å². The van der Waals surface area contributed by atoms with Crippen LogP contribution in [0.5, 0.6) is 11.6 Å². The smallest absolute Gasteiger partial charge is 0.472 e. The summed E-state index contributed by atoms with van der Waals surface area (Å²) >= 11 is 7.46. The molecule has 2 aromatic heterocycles. The van der Waals surface area contributed by atoms with Crippen LogP contribution < -0.4 is 9.47 Å². The van der Waals surface area contributed by atoms with Crippen molar-refractivity contribution in [2.45, 2.75) is 44.8 Å². The van der Waals surface area contributed by atoms with E-state index in [1.807, 2.05) is 39.0 Å². The van der Waals surface area contributed by atoms with Gasteiger partial charge in [0.25, 0.3) is 0 Å². The number of nitrogens with zero attached hydrogens (tertiary/aromatic N) is 2. The minimum absolute atomic E-state index is 0.295. The Balaban J connectivity index is 1.63. The van der Waals surface area contributed by atoms with Crippen molar-refractivity contribution in [1.82, 2.24) is 9.97 Å². The van der Waals surface area contributed by atoms with E-state index in [2.05, 4.69) is 9.72 Å². The highest BCUT2D eigenvalue weighted by molar-refractivity contribution is 7.09. The minimum Gasteiger partial charge on any atom is -0.472 e. The van der Waals surface area contributed by atoms with E-state index < -0.39 is 17.6 Å². The molecule has 0 saturated heterocycles. The lowest BCUT2D eigenvalue weighted by atomic mass is 9.85. The number of pyridine rings is 1. The maximum Gasteiger partial charge on any atom is 0.573 e. The second-order valence-corrected chi connectivity index (χ2v) is 11.8. The number of thiazole rings is 1. The van der Waals surface area contributed by atoms with Gasteiger partial charge in [0.1, 0.15) is 16.4 Å². The Morgan fingerprint density at radius 1 is 0.878 bits per heavy atom. The molecule has 5 rings (SSSR count). The van der Waals surface area contributed by atoms with Crippen LogP contribution in [0, 0.1) is 0 Å². The lowest BCUT2D eigenvalue weighted by Crippen LogP contribution is -2.28. The number of ether oxygens (including phenoxy) is 2. The van der Waals surface area contributed by atoms with Gasteiger partial charge in [0.2, 0.25) is 5.88 Å². The number of hydrogen-bond acceptors (Lipinski definition) is 6. The van der Waals surface area contributed by atoms with E-state index in [-0.39, 0.29) is 5.75 Å². The quantitative estimate of drug-likeness (QED) is 0.204. The molecule has 0 aliphatic carbocycles. The van der Waals surface area contributed by atoms with Gasteiger partial charge in [-0.3, -0.25) is 0 Å². The normalized spacial score (nSPS) is 13.7. The van der Waals surface area contributed by atoms with Crippen LogP contribution in [0.4, 0.5) is 13.2 Å². The SMILES string of the molecule is CC(C)(C)Oc1cc(Cc2ccc(OC(F)(F)F)cc2)c2cc(C(O)(c3ccc(Cl)cc3)c3nccs3)ccc2n1. The molecule has 0 aliphatic rings. The van der Waals surface area contributed by atoms with Crippen LogP contribution in [-0.2, 0) is 12.0 Å². The summed E-state index contributed by atoms with van der Waals surface area (Å²) in [6.45, 7) is 5.75. The van der Waals surface area contributed by atoms with Crippen molar-refractivity contribution >= 4 is 33.8 Å². The van der Waals surface area contributed by atoms with Crippen LogP contribution >= 0.6 is 22.9 Å². The molecule has 0 spiro atoms. The fourth-order valence-corrected chi connectivity index (χ4v) is 5.45. The first-order valence-corrected chi connectivity index (χ1v) is 13.9. The zero-order chi connectivity index (χ0) is 29.4. The van der Waals surface area contributed by atoms with Gasteiger partial charge < -0.3 is 14.6 Å². The van der Waals surface area contributed by atoms with Crippen molar-refractivity contribution in [3.8, 4) is 11.6 Å². The van der Waals surface area contributed by atoms with Crippen molar-refractivity contribution in [1.29, 1.82) is 0 Å².